The van der Waals surface area contributed by atoms with E-state index in [1.807, 2.05) is 27.7 Å². The van der Waals surface area contributed by atoms with Gasteiger partial charge in [0.05, 0.1) is 18.4 Å². The Morgan fingerprint density at radius 1 is 1.03 bits per heavy atom. The lowest BCUT2D eigenvalue weighted by Crippen LogP contribution is -2.19. The van der Waals surface area contributed by atoms with Crippen molar-refractivity contribution in [2.45, 2.75) is 59.5 Å². The van der Waals surface area contributed by atoms with E-state index in [1.165, 1.54) is 0 Å². The SMILES string of the molecule is CC.CC(C)Nc1nc2ncc(CNc3ccc(C(N)=O)cc3)nc2c(=O)[nH]1.O=C(O)CCCC(=O)O. The second-order valence-corrected chi connectivity index (χ2v) is 7.68. The molecule has 7 N–H and O–H groups in total. The minimum Gasteiger partial charge on any atom is -0.481 e. The molecule has 3 rings (SSSR count). The highest BCUT2D eigenvalue weighted by Crippen LogP contribution is 2.11. The van der Waals surface area contributed by atoms with Crippen LogP contribution in [0.4, 0.5) is 11.6 Å². The number of benzene rings is 1. The molecular weight excluding hydrogens is 482 g/mol. The number of aromatic amines is 1. The Morgan fingerprint density at radius 2 is 1.62 bits per heavy atom. The van der Waals surface area contributed by atoms with Gasteiger partial charge in [-0.15, -0.1) is 0 Å². The minimum atomic E-state index is -0.948. The fourth-order valence-electron chi connectivity index (χ4n) is 2.72. The molecule has 37 heavy (non-hydrogen) atoms. The highest BCUT2D eigenvalue weighted by atomic mass is 16.4. The summed E-state index contributed by atoms with van der Waals surface area (Å²) in [6.07, 6.45) is 1.65. The van der Waals surface area contributed by atoms with Gasteiger partial charge < -0.3 is 26.6 Å². The first-order chi connectivity index (χ1) is 17.5. The molecule has 0 aliphatic carbocycles. The monoisotopic (exact) mass is 515 g/mol. The first-order valence-electron chi connectivity index (χ1n) is 11.6. The zero-order valence-electron chi connectivity index (χ0n) is 21.2. The summed E-state index contributed by atoms with van der Waals surface area (Å²) in [7, 11) is 0. The second kappa shape index (κ2) is 15.4. The van der Waals surface area contributed by atoms with E-state index in [-0.39, 0.29) is 42.0 Å². The first-order valence-corrected chi connectivity index (χ1v) is 11.6. The molecule has 0 spiro atoms. The predicted octanol–water partition coefficient (Wildman–Crippen LogP) is 2.60. The third-order valence-electron chi connectivity index (χ3n) is 4.32. The average molecular weight is 516 g/mol. The molecule has 0 radical (unpaired) electrons. The number of aromatic nitrogens is 4. The van der Waals surface area contributed by atoms with E-state index in [2.05, 4.69) is 30.6 Å². The van der Waals surface area contributed by atoms with Crippen molar-refractivity contribution in [1.29, 1.82) is 0 Å². The van der Waals surface area contributed by atoms with E-state index in [0.717, 1.165) is 5.69 Å². The number of carbonyl (C=O) groups is 3. The molecule has 0 bridgehead atoms. The average Bonchev–Trinajstić information content (AvgIpc) is 2.84. The van der Waals surface area contributed by atoms with Gasteiger partial charge in [-0.05, 0) is 44.5 Å². The molecule has 0 unspecified atom stereocenters. The molecule has 13 nitrogen and oxygen atoms in total. The lowest BCUT2D eigenvalue weighted by Gasteiger charge is -2.09. The topological polar surface area (TPSA) is 213 Å². The number of carboxylic acid groups (broad SMARTS) is 2. The molecular formula is C24H33N7O6. The zero-order valence-corrected chi connectivity index (χ0v) is 21.2. The number of primary amides is 1. The van der Waals surface area contributed by atoms with Crippen LogP contribution >= 0.6 is 0 Å². The van der Waals surface area contributed by atoms with Crippen LogP contribution in [0, 0.1) is 0 Å². The van der Waals surface area contributed by atoms with Gasteiger partial charge in [0.15, 0.2) is 11.2 Å². The number of rotatable bonds is 10. The standard InChI is InChI=1S/C17H19N7O2.C5H8O4.C2H6/c1-9(2)21-17-23-15-13(16(26)24-17)22-12(8-20-15)7-19-11-5-3-10(4-6-11)14(18)25;6-4(7)2-1-3-5(8)9;1-2/h3-6,8-9,19H,7H2,1-2H3,(H2,18,25)(H2,20,21,23,24,26);1-3H2,(H,6,7)(H,8,9);1-2H3. The molecule has 0 saturated heterocycles. The number of carbonyl (C=O) groups excluding carboxylic acids is 1. The number of nitrogens with two attached hydrogens (primary N) is 1. The molecule has 0 aliphatic rings. The van der Waals surface area contributed by atoms with Crippen LogP contribution in [-0.4, -0.2) is 54.0 Å². The van der Waals surface area contributed by atoms with Crippen molar-refractivity contribution < 1.29 is 24.6 Å². The number of nitrogens with zero attached hydrogens (tertiary/aromatic N) is 3. The normalized spacial score (nSPS) is 9.97. The van der Waals surface area contributed by atoms with Crippen molar-refractivity contribution in [3.63, 3.8) is 0 Å². The lowest BCUT2D eigenvalue weighted by molar-refractivity contribution is -0.138. The summed E-state index contributed by atoms with van der Waals surface area (Å²) in [5, 5.41) is 22.2. The van der Waals surface area contributed by atoms with Crippen molar-refractivity contribution in [2.24, 2.45) is 5.73 Å². The van der Waals surface area contributed by atoms with Crippen molar-refractivity contribution in [2.75, 3.05) is 10.6 Å². The predicted molar refractivity (Wildman–Crippen MR) is 139 cm³/mol. The Balaban J connectivity index is 0.000000529. The van der Waals surface area contributed by atoms with Gasteiger partial charge >= 0.3 is 11.9 Å². The fourth-order valence-corrected chi connectivity index (χ4v) is 2.72. The number of H-pyrrole nitrogens is 1. The van der Waals surface area contributed by atoms with E-state index in [9.17, 15) is 19.2 Å². The lowest BCUT2D eigenvalue weighted by atomic mass is 10.2. The number of carboxylic acids is 2. The van der Waals surface area contributed by atoms with Crippen LogP contribution in [0.15, 0.2) is 35.3 Å². The minimum absolute atomic E-state index is 0.0632. The Morgan fingerprint density at radius 3 is 2.14 bits per heavy atom. The summed E-state index contributed by atoms with van der Waals surface area (Å²) in [5.74, 6) is -2.00. The molecule has 2 aromatic heterocycles. The van der Waals surface area contributed by atoms with Crippen molar-refractivity contribution in [1.82, 2.24) is 19.9 Å². The third-order valence-corrected chi connectivity index (χ3v) is 4.32. The zero-order chi connectivity index (χ0) is 28.0. The highest BCUT2D eigenvalue weighted by Gasteiger charge is 2.09. The van der Waals surface area contributed by atoms with Gasteiger partial charge in [-0.1, -0.05) is 13.8 Å². The van der Waals surface area contributed by atoms with Crippen LogP contribution < -0.4 is 21.9 Å². The number of anilines is 2. The van der Waals surface area contributed by atoms with Crippen LogP contribution in [0.5, 0.6) is 0 Å². The number of nitrogens with one attached hydrogen (secondary N) is 3. The molecule has 0 atom stereocenters. The fraction of sp³-hybridized carbons (Fsp3) is 0.375. The molecule has 0 aliphatic heterocycles. The molecule has 0 fully saturated rings. The number of hydrogen-bond donors (Lipinski definition) is 6. The van der Waals surface area contributed by atoms with Crippen molar-refractivity contribution >= 4 is 40.6 Å². The van der Waals surface area contributed by atoms with Gasteiger partial charge in [0.25, 0.3) is 5.56 Å². The first kappa shape index (κ1) is 30.5. The van der Waals surface area contributed by atoms with E-state index < -0.39 is 17.8 Å². The van der Waals surface area contributed by atoms with Crippen LogP contribution in [0.25, 0.3) is 11.2 Å². The van der Waals surface area contributed by atoms with Gasteiger partial charge in [-0.2, -0.15) is 4.98 Å². The van der Waals surface area contributed by atoms with Gasteiger partial charge in [0.1, 0.15) is 0 Å². The maximum Gasteiger partial charge on any atom is 0.303 e. The van der Waals surface area contributed by atoms with Crippen LogP contribution in [0.3, 0.4) is 0 Å². The molecule has 1 aromatic carbocycles. The van der Waals surface area contributed by atoms with E-state index >= 15 is 0 Å². The maximum atomic E-state index is 12.2. The number of hydrogen-bond acceptors (Lipinski definition) is 9. The Bertz CT molecular complexity index is 1230. The van der Waals surface area contributed by atoms with Crippen LogP contribution in [0.2, 0.25) is 0 Å². The largest absolute Gasteiger partial charge is 0.481 e. The maximum absolute atomic E-state index is 12.2. The summed E-state index contributed by atoms with van der Waals surface area (Å²) < 4.78 is 0. The summed E-state index contributed by atoms with van der Waals surface area (Å²) in [6.45, 7) is 8.26. The van der Waals surface area contributed by atoms with Crippen molar-refractivity contribution in [3.8, 4) is 0 Å². The summed E-state index contributed by atoms with van der Waals surface area (Å²) in [5.41, 5.74) is 7.15. The van der Waals surface area contributed by atoms with Gasteiger partial charge in [-0.3, -0.25) is 24.2 Å². The van der Waals surface area contributed by atoms with Gasteiger partial charge in [0.2, 0.25) is 11.9 Å². The van der Waals surface area contributed by atoms with Crippen molar-refractivity contribution in [3.05, 3.63) is 52.1 Å². The summed E-state index contributed by atoms with van der Waals surface area (Å²) in [6, 6.07) is 6.89. The highest BCUT2D eigenvalue weighted by molar-refractivity contribution is 5.93. The molecule has 200 valence electrons. The molecule has 13 heteroatoms. The van der Waals surface area contributed by atoms with Gasteiger partial charge in [0, 0.05) is 30.1 Å². The van der Waals surface area contributed by atoms with E-state index in [0.29, 0.717) is 23.8 Å². The van der Waals surface area contributed by atoms with Gasteiger partial charge in [-0.25, -0.2) is 9.97 Å². The molecule has 0 saturated carbocycles. The summed E-state index contributed by atoms with van der Waals surface area (Å²) in [4.78, 5) is 58.3. The molecule has 2 heterocycles. The number of amides is 1. The number of fused-ring (bicyclic) bond motifs is 1. The smallest absolute Gasteiger partial charge is 0.303 e. The van der Waals surface area contributed by atoms with E-state index in [4.69, 9.17) is 15.9 Å². The van der Waals surface area contributed by atoms with E-state index in [1.54, 1.807) is 30.5 Å². The summed E-state index contributed by atoms with van der Waals surface area (Å²) >= 11 is 0. The molecule has 1 amide bonds. The number of aliphatic carboxylic acids is 2. The quantitative estimate of drug-likeness (QED) is 0.231. The van der Waals surface area contributed by atoms with Crippen LogP contribution in [0.1, 0.15) is 63.0 Å². The Hall–Kier alpha value is -4.55. The molecule has 3 aromatic rings. The Kier molecular flexibility index (Phi) is 12.7. The third kappa shape index (κ3) is 11.2. The Labute approximate surface area is 213 Å². The second-order valence-electron chi connectivity index (χ2n) is 7.68. The van der Waals surface area contributed by atoms with Crippen LogP contribution in [-0.2, 0) is 16.1 Å².